The summed E-state index contributed by atoms with van der Waals surface area (Å²) < 4.78 is 0. The summed E-state index contributed by atoms with van der Waals surface area (Å²) in [5.41, 5.74) is 2.63. The van der Waals surface area contributed by atoms with Gasteiger partial charge in [0.2, 0.25) is 0 Å². The molecule has 0 aliphatic heterocycles. The standard InChI is InChI=1S/C12H14O/c13-12-7-2-1-5-11(12)6-3-4-10-8-9-10/h1-2,4-5,7,13H,3,6,8-9H2. The number of phenols is 1. The van der Waals surface area contributed by atoms with Gasteiger partial charge in [-0.1, -0.05) is 29.8 Å². The molecule has 1 N–H and O–H groups in total. The second kappa shape index (κ2) is 3.65. The summed E-state index contributed by atoms with van der Waals surface area (Å²) in [4.78, 5) is 0. The van der Waals surface area contributed by atoms with E-state index in [9.17, 15) is 5.11 Å². The molecule has 0 atom stereocenters. The van der Waals surface area contributed by atoms with E-state index in [-0.39, 0.29) is 0 Å². The smallest absolute Gasteiger partial charge is 0.118 e. The molecule has 0 radical (unpaired) electrons. The predicted octanol–water partition coefficient (Wildman–Crippen LogP) is 3.05. The molecule has 0 heterocycles. The number of rotatable bonds is 3. The van der Waals surface area contributed by atoms with E-state index in [1.54, 1.807) is 11.6 Å². The number of allylic oxidation sites excluding steroid dienone is 2. The van der Waals surface area contributed by atoms with Crippen molar-refractivity contribution in [2.45, 2.75) is 25.7 Å². The minimum Gasteiger partial charge on any atom is -0.508 e. The Kier molecular flexibility index (Phi) is 2.35. The summed E-state index contributed by atoms with van der Waals surface area (Å²) in [5.74, 6) is 0.427. The van der Waals surface area contributed by atoms with Gasteiger partial charge in [0.15, 0.2) is 0 Å². The Labute approximate surface area is 78.7 Å². The largest absolute Gasteiger partial charge is 0.508 e. The Morgan fingerprint density at radius 2 is 2.00 bits per heavy atom. The van der Waals surface area contributed by atoms with Crippen LogP contribution in [-0.2, 0) is 6.42 Å². The number of hydrogen-bond acceptors (Lipinski definition) is 1. The van der Waals surface area contributed by atoms with E-state index in [0.717, 1.165) is 18.4 Å². The van der Waals surface area contributed by atoms with E-state index in [1.807, 2.05) is 18.2 Å². The Morgan fingerprint density at radius 1 is 1.23 bits per heavy atom. The second-order valence-corrected chi connectivity index (χ2v) is 3.53. The van der Waals surface area contributed by atoms with Crippen LogP contribution in [0.2, 0.25) is 0 Å². The first-order valence-corrected chi connectivity index (χ1v) is 4.81. The number of aryl methyl sites for hydroxylation is 1. The number of hydrogen-bond donors (Lipinski definition) is 1. The van der Waals surface area contributed by atoms with Gasteiger partial charge in [0, 0.05) is 0 Å². The summed E-state index contributed by atoms with van der Waals surface area (Å²) in [7, 11) is 0. The molecule has 0 aromatic heterocycles. The normalized spacial score (nSPS) is 14.3. The maximum absolute atomic E-state index is 9.47. The molecule has 1 aliphatic carbocycles. The lowest BCUT2D eigenvalue weighted by molar-refractivity contribution is 0.468. The Hall–Kier alpha value is -1.24. The van der Waals surface area contributed by atoms with Crippen molar-refractivity contribution in [1.82, 2.24) is 0 Å². The zero-order chi connectivity index (χ0) is 9.10. The fourth-order valence-electron chi connectivity index (χ4n) is 1.43. The van der Waals surface area contributed by atoms with E-state index in [1.165, 1.54) is 12.8 Å². The molecule has 1 saturated carbocycles. The van der Waals surface area contributed by atoms with Crippen LogP contribution in [0, 0.1) is 0 Å². The van der Waals surface area contributed by atoms with Gasteiger partial charge >= 0.3 is 0 Å². The summed E-state index contributed by atoms with van der Waals surface area (Å²) in [6.07, 6.45) is 6.90. The Morgan fingerprint density at radius 3 is 2.69 bits per heavy atom. The van der Waals surface area contributed by atoms with Gasteiger partial charge in [-0.05, 0) is 37.3 Å². The zero-order valence-electron chi connectivity index (χ0n) is 7.66. The lowest BCUT2D eigenvalue weighted by atomic mass is 10.1. The molecule has 0 bridgehead atoms. The monoisotopic (exact) mass is 174 g/mol. The predicted molar refractivity (Wildman–Crippen MR) is 53.7 cm³/mol. The number of phenolic OH excluding ortho intramolecular Hbond substituents is 1. The van der Waals surface area contributed by atoms with Gasteiger partial charge < -0.3 is 5.11 Å². The molecule has 13 heavy (non-hydrogen) atoms. The van der Waals surface area contributed by atoms with E-state index in [0.29, 0.717) is 5.75 Å². The maximum Gasteiger partial charge on any atom is 0.118 e. The molecule has 1 nitrogen and oxygen atoms in total. The van der Waals surface area contributed by atoms with Crippen molar-refractivity contribution in [3.8, 4) is 5.75 Å². The molecule has 0 unspecified atom stereocenters. The molecule has 1 aromatic carbocycles. The van der Waals surface area contributed by atoms with Gasteiger partial charge in [0.05, 0.1) is 0 Å². The lowest BCUT2D eigenvalue weighted by Crippen LogP contribution is -1.83. The molecular weight excluding hydrogens is 160 g/mol. The average molecular weight is 174 g/mol. The van der Waals surface area contributed by atoms with E-state index in [2.05, 4.69) is 6.08 Å². The minimum absolute atomic E-state index is 0.427. The highest BCUT2D eigenvalue weighted by molar-refractivity contribution is 5.32. The molecular formula is C12H14O. The first kappa shape index (κ1) is 8.36. The highest BCUT2D eigenvalue weighted by Gasteiger charge is 2.09. The van der Waals surface area contributed by atoms with E-state index < -0.39 is 0 Å². The van der Waals surface area contributed by atoms with Crippen LogP contribution in [0.15, 0.2) is 35.9 Å². The van der Waals surface area contributed by atoms with Gasteiger partial charge in [0.1, 0.15) is 5.75 Å². The van der Waals surface area contributed by atoms with Crippen molar-refractivity contribution < 1.29 is 5.11 Å². The van der Waals surface area contributed by atoms with E-state index >= 15 is 0 Å². The highest BCUT2D eigenvalue weighted by atomic mass is 16.3. The van der Waals surface area contributed by atoms with Crippen LogP contribution in [-0.4, -0.2) is 5.11 Å². The first-order chi connectivity index (χ1) is 6.36. The van der Waals surface area contributed by atoms with Gasteiger partial charge in [-0.25, -0.2) is 0 Å². The van der Waals surface area contributed by atoms with Crippen LogP contribution in [0.25, 0.3) is 0 Å². The number of benzene rings is 1. The third kappa shape index (κ3) is 2.35. The van der Waals surface area contributed by atoms with Crippen LogP contribution in [0.5, 0.6) is 5.75 Å². The SMILES string of the molecule is Oc1ccccc1CCC=C1CC1. The van der Waals surface area contributed by atoms with Crippen molar-refractivity contribution in [3.63, 3.8) is 0 Å². The van der Waals surface area contributed by atoms with Gasteiger partial charge in [-0.15, -0.1) is 0 Å². The Balaban J connectivity index is 1.93. The van der Waals surface area contributed by atoms with Crippen molar-refractivity contribution >= 4 is 0 Å². The average Bonchev–Trinajstić information content (AvgIpc) is 2.92. The zero-order valence-corrected chi connectivity index (χ0v) is 7.66. The molecule has 1 heteroatoms. The van der Waals surface area contributed by atoms with Gasteiger partial charge in [-0.2, -0.15) is 0 Å². The van der Waals surface area contributed by atoms with Crippen molar-refractivity contribution in [1.29, 1.82) is 0 Å². The first-order valence-electron chi connectivity index (χ1n) is 4.81. The molecule has 1 aromatic rings. The quantitative estimate of drug-likeness (QED) is 0.698. The summed E-state index contributed by atoms with van der Waals surface area (Å²) in [5, 5.41) is 9.47. The van der Waals surface area contributed by atoms with E-state index in [4.69, 9.17) is 0 Å². The van der Waals surface area contributed by atoms with Crippen LogP contribution >= 0.6 is 0 Å². The van der Waals surface area contributed by atoms with Crippen molar-refractivity contribution in [3.05, 3.63) is 41.5 Å². The summed E-state index contributed by atoms with van der Waals surface area (Å²) in [6.45, 7) is 0. The molecule has 2 rings (SSSR count). The third-order valence-electron chi connectivity index (χ3n) is 2.38. The van der Waals surface area contributed by atoms with Crippen LogP contribution < -0.4 is 0 Å². The number of aromatic hydroxyl groups is 1. The molecule has 0 spiro atoms. The maximum atomic E-state index is 9.47. The molecule has 0 saturated heterocycles. The fourth-order valence-corrected chi connectivity index (χ4v) is 1.43. The summed E-state index contributed by atoms with van der Waals surface area (Å²) in [6, 6.07) is 7.57. The third-order valence-corrected chi connectivity index (χ3v) is 2.38. The van der Waals surface area contributed by atoms with Crippen LogP contribution in [0.1, 0.15) is 24.8 Å². The lowest BCUT2D eigenvalue weighted by Gasteiger charge is -2.00. The van der Waals surface area contributed by atoms with Crippen LogP contribution in [0.4, 0.5) is 0 Å². The van der Waals surface area contributed by atoms with Gasteiger partial charge in [-0.3, -0.25) is 0 Å². The summed E-state index contributed by atoms with van der Waals surface area (Å²) >= 11 is 0. The highest BCUT2D eigenvalue weighted by Crippen LogP contribution is 2.28. The fraction of sp³-hybridized carbons (Fsp3) is 0.333. The van der Waals surface area contributed by atoms with Crippen molar-refractivity contribution in [2.75, 3.05) is 0 Å². The second-order valence-electron chi connectivity index (χ2n) is 3.53. The molecule has 68 valence electrons. The van der Waals surface area contributed by atoms with Gasteiger partial charge in [0.25, 0.3) is 0 Å². The Bertz CT molecular complexity index is 320. The molecule has 1 fully saturated rings. The minimum atomic E-state index is 0.427. The molecule has 1 aliphatic rings. The topological polar surface area (TPSA) is 20.2 Å². The molecule has 0 amide bonds. The van der Waals surface area contributed by atoms with Crippen molar-refractivity contribution in [2.24, 2.45) is 0 Å². The number of para-hydroxylation sites is 1. The van der Waals surface area contributed by atoms with Crippen LogP contribution in [0.3, 0.4) is 0 Å².